The number of ketones is 1. The van der Waals surface area contributed by atoms with Crippen molar-refractivity contribution in [3.8, 4) is 11.1 Å². The topological polar surface area (TPSA) is 87.5 Å². The number of aliphatic hydroxyl groups is 1. The third-order valence-electron chi connectivity index (χ3n) is 7.34. The number of aliphatic carboxylic acids is 1. The number of carboxylic acid groups (broad SMARTS) is 1. The molecule has 2 aromatic rings. The fraction of sp³-hybridized carbons (Fsp3) is 0.345. The lowest BCUT2D eigenvalue weighted by Gasteiger charge is -2.43. The number of aromatic nitrogens is 1. The number of carbonyl (C=O) groups is 2. The van der Waals surface area contributed by atoms with E-state index in [-0.39, 0.29) is 16.6 Å². The number of fused-ring (bicyclic) bond motifs is 1. The molecule has 5 heteroatoms. The number of hydrogen-bond acceptors (Lipinski definition) is 4. The van der Waals surface area contributed by atoms with Gasteiger partial charge in [-0.05, 0) is 76.3 Å². The molecule has 4 rings (SSSR count). The fourth-order valence-electron chi connectivity index (χ4n) is 5.07. The summed E-state index contributed by atoms with van der Waals surface area (Å²) >= 11 is 0. The maximum atomic E-state index is 13.4. The minimum atomic E-state index is -1.67. The smallest absolute Gasteiger partial charge is 0.320 e. The number of carboxylic acids is 1. The van der Waals surface area contributed by atoms with Crippen LogP contribution >= 0.6 is 0 Å². The number of allylic oxidation sites excluding steroid dienone is 3. The zero-order chi connectivity index (χ0) is 24.7. The lowest BCUT2D eigenvalue weighted by atomic mass is 9.61. The SMILES string of the molecule is CC1(C)CCC(C)(C)c2c(-c3ccncc3)cc(C(=O)/C=C/C3(C(=O)O)C=CC=CC3O)cc21. The lowest BCUT2D eigenvalue weighted by molar-refractivity contribution is -0.147. The second kappa shape index (κ2) is 8.48. The fourth-order valence-corrected chi connectivity index (χ4v) is 5.07. The van der Waals surface area contributed by atoms with E-state index >= 15 is 0 Å². The van der Waals surface area contributed by atoms with Gasteiger partial charge in [0.05, 0.1) is 6.10 Å². The monoisotopic (exact) mass is 457 g/mol. The summed E-state index contributed by atoms with van der Waals surface area (Å²) < 4.78 is 0. The van der Waals surface area contributed by atoms with Crippen LogP contribution < -0.4 is 0 Å². The number of hydrogen-bond donors (Lipinski definition) is 2. The predicted molar refractivity (Wildman–Crippen MR) is 133 cm³/mol. The van der Waals surface area contributed by atoms with Gasteiger partial charge in [0, 0.05) is 18.0 Å². The Kier molecular flexibility index (Phi) is 5.94. The van der Waals surface area contributed by atoms with Gasteiger partial charge in [-0.15, -0.1) is 0 Å². The Bertz CT molecular complexity index is 1220. The van der Waals surface area contributed by atoms with Crippen LogP contribution in [-0.4, -0.2) is 33.1 Å². The molecule has 1 heterocycles. The van der Waals surface area contributed by atoms with Gasteiger partial charge in [0.2, 0.25) is 0 Å². The highest BCUT2D eigenvalue weighted by Gasteiger charge is 2.42. The van der Waals surface area contributed by atoms with Crippen LogP contribution in [0.2, 0.25) is 0 Å². The molecule has 0 saturated heterocycles. The van der Waals surface area contributed by atoms with E-state index < -0.39 is 17.5 Å². The van der Waals surface area contributed by atoms with E-state index in [2.05, 4.69) is 32.7 Å². The average Bonchev–Trinajstić information content (AvgIpc) is 2.81. The second-order valence-corrected chi connectivity index (χ2v) is 10.6. The molecule has 2 aliphatic rings. The van der Waals surface area contributed by atoms with Gasteiger partial charge >= 0.3 is 5.97 Å². The Hall–Kier alpha value is -3.31. The van der Waals surface area contributed by atoms with Gasteiger partial charge in [-0.2, -0.15) is 0 Å². The van der Waals surface area contributed by atoms with Crippen molar-refractivity contribution in [3.63, 3.8) is 0 Å². The molecule has 2 N–H and O–H groups in total. The molecule has 34 heavy (non-hydrogen) atoms. The van der Waals surface area contributed by atoms with Crippen molar-refractivity contribution in [2.45, 2.75) is 57.5 Å². The minimum absolute atomic E-state index is 0.0580. The third kappa shape index (κ3) is 4.05. The number of rotatable bonds is 5. The minimum Gasteiger partial charge on any atom is -0.480 e. The summed E-state index contributed by atoms with van der Waals surface area (Å²) in [7, 11) is 0. The standard InChI is InChI=1S/C29H31NO4/c1-27(2)13-14-28(3,4)25-21(19-9-15-30-16-10-19)17-20(18-22(25)27)23(31)8-12-29(26(33)34)11-6-5-7-24(29)32/h5-12,15-18,24,32H,13-14H2,1-4H3,(H,33,34)/b12-8+. The first-order valence-corrected chi connectivity index (χ1v) is 11.6. The molecule has 1 aromatic carbocycles. The van der Waals surface area contributed by atoms with E-state index in [4.69, 9.17) is 0 Å². The number of nitrogens with zero attached hydrogens (tertiary/aromatic N) is 1. The molecule has 5 nitrogen and oxygen atoms in total. The number of carbonyl (C=O) groups excluding carboxylic acids is 1. The molecule has 0 fully saturated rings. The van der Waals surface area contributed by atoms with Gasteiger partial charge in [0.15, 0.2) is 5.78 Å². The Morgan fingerprint density at radius 1 is 1.03 bits per heavy atom. The number of aliphatic hydroxyl groups excluding tert-OH is 1. The van der Waals surface area contributed by atoms with Gasteiger partial charge in [0.1, 0.15) is 5.41 Å². The molecule has 2 atom stereocenters. The first-order valence-electron chi connectivity index (χ1n) is 11.6. The molecule has 2 unspecified atom stereocenters. The van der Waals surface area contributed by atoms with Crippen molar-refractivity contribution in [3.05, 3.63) is 89.8 Å². The summed E-state index contributed by atoms with van der Waals surface area (Å²) in [5.74, 6) is -1.51. The second-order valence-electron chi connectivity index (χ2n) is 10.6. The predicted octanol–water partition coefficient (Wildman–Crippen LogP) is 5.39. The van der Waals surface area contributed by atoms with Crippen LogP contribution in [0.4, 0.5) is 0 Å². The Balaban J connectivity index is 1.86. The average molecular weight is 458 g/mol. The molecule has 0 bridgehead atoms. The Morgan fingerprint density at radius 2 is 1.71 bits per heavy atom. The summed E-state index contributed by atoms with van der Waals surface area (Å²) in [6.45, 7) is 8.90. The van der Waals surface area contributed by atoms with E-state index in [0.29, 0.717) is 5.56 Å². The summed E-state index contributed by atoms with van der Waals surface area (Å²) in [6, 6.07) is 7.78. The lowest BCUT2D eigenvalue weighted by Crippen LogP contribution is -2.39. The number of benzene rings is 1. The van der Waals surface area contributed by atoms with Gasteiger partial charge in [-0.25, -0.2) is 0 Å². The zero-order valence-electron chi connectivity index (χ0n) is 20.1. The molecule has 176 valence electrons. The highest BCUT2D eigenvalue weighted by Crippen LogP contribution is 2.49. The van der Waals surface area contributed by atoms with Gasteiger partial charge in [0.25, 0.3) is 0 Å². The van der Waals surface area contributed by atoms with E-state index in [0.717, 1.165) is 29.5 Å². The molecule has 0 saturated carbocycles. The molecule has 0 spiro atoms. The first-order chi connectivity index (χ1) is 16.0. The van der Waals surface area contributed by atoms with Crippen LogP contribution in [-0.2, 0) is 15.6 Å². The van der Waals surface area contributed by atoms with Crippen molar-refractivity contribution in [2.75, 3.05) is 0 Å². The summed E-state index contributed by atoms with van der Waals surface area (Å²) in [5, 5.41) is 20.2. The van der Waals surface area contributed by atoms with E-state index in [1.54, 1.807) is 24.5 Å². The van der Waals surface area contributed by atoms with Crippen molar-refractivity contribution in [2.24, 2.45) is 5.41 Å². The normalized spacial score (nSPS) is 24.7. The van der Waals surface area contributed by atoms with Gasteiger partial charge < -0.3 is 10.2 Å². The molecule has 0 aliphatic heterocycles. The van der Waals surface area contributed by atoms with Gasteiger partial charge in [-0.3, -0.25) is 14.6 Å². The van der Waals surface area contributed by atoms with Gasteiger partial charge in [-0.1, -0.05) is 58.1 Å². The van der Waals surface area contributed by atoms with Crippen LogP contribution in [0, 0.1) is 5.41 Å². The quantitative estimate of drug-likeness (QED) is 0.464. The zero-order valence-corrected chi connectivity index (χ0v) is 20.1. The molecule has 0 amide bonds. The summed E-state index contributed by atoms with van der Waals surface area (Å²) in [4.78, 5) is 29.5. The summed E-state index contributed by atoms with van der Waals surface area (Å²) in [5.41, 5.74) is 3.04. The first kappa shape index (κ1) is 23.8. The number of pyridine rings is 1. The Morgan fingerprint density at radius 3 is 2.35 bits per heavy atom. The molecular formula is C29H31NO4. The van der Waals surface area contributed by atoms with Crippen LogP contribution in [0.15, 0.2) is 73.1 Å². The maximum absolute atomic E-state index is 13.4. The van der Waals surface area contributed by atoms with Crippen molar-refractivity contribution in [1.82, 2.24) is 4.98 Å². The maximum Gasteiger partial charge on any atom is 0.320 e. The van der Waals surface area contributed by atoms with Crippen LogP contribution in [0.25, 0.3) is 11.1 Å². The highest BCUT2D eigenvalue weighted by atomic mass is 16.4. The van der Waals surface area contributed by atoms with Crippen molar-refractivity contribution >= 4 is 11.8 Å². The largest absolute Gasteiger partial charge is 0.480 e. The van der Waals surface area contributed by atoms with Crippen molar-refractivity contribution in [1.29, 1.82) is 0 Å². The molecule has 2 aliphatic carbocycles. The highest BCUT2D eigenvalue weighted by molar-refractivity contribution is 6.06. The van der Waals surface area contributed by atoms with E-state index in [1.807, 2.05) is 24.3 Å². The Labute approximate surface area is 200 Å². The van der Waals surface area contributed by atoms with E-state index in [9.17, 15) is 19.8 Å². The van der Waals surface area contributed by atoms with Crippen molar-refractivity contribution < 1.29 is 19.8 Å². The van der Waals surface area contributed by atoms with Crippen LogP contribution in [0.5, 0.6) is 0 Å². The van der Waals surface area contributed by atoms with Crippen LogP contribution in [0.3, 0.4) is 0 Å². The molecule has 1 aromatic heterocycles. The van der Waals surface area contributed by atoms with Crippen LogP contribution in [0.1, 0.15) is 62.0 Å². The molecular weight excluding hydrogens is 426 g/mol. The van der Waals surface area contributed by atoms with E-state index in [1.165, 1.54) is 29.9 Å². The summed E-state index contributed by atoms with van der Waals surface area (Å²) in [6.07, 6.45) is 12.8. The third-order valence-corrected chi connectivity index (χ3v) is 7.34. The molecule has 0 radical (unpaired) electrons.